The monoisotopic (exact) mass is 528 g/mol. The van der Waals surface area contributed by atoms with Crippen LogP contribution in [0.1, 0.15) is 64.5 Å². The number of aromatic amines is 1. The first-order valence-electron chi connectivity index (χ1n) is 13.2. The summed E-state index contributed by atoms with van der Waals surface area (Å²) in [7, 11) is 0. The van der Waals surface area contributed by atoms with Crippen molar-refractivity contribution < 1.29 is 24.5 Å². The highest BCUT2D eigenvalue weighted by molar-refractivity contribution is 5.69. The molecule has 2 rings (SSSR count). The van der Waals surface area contributed by atoms with Gasteiger partial charge in [0.1, 0.15) is 24.9 Å². The van der Waals surface area contributed by atoms with Crippen molar-refractivity contribution in [3.8, 4) is 0 Å². The maximum atomic E-state index is 12.0. The molecule has 0 spiro atoms. The van der Waals surface area contributed by atoms with E-state index < -0.39 is 41.8 Å². The van der Waals surface area contributed by atoms with Crippen LogP contribution in [-0.4, -0.2) is 50.7 Å². The molecule has 1 fully saturated rings. The zero-order valence-electron chi connectivity index (χ0n) is 22.0. The predicted octanol–water partition coefficient (Wildman–Crippen LogP) is 3.62. The number of allylic oxidation sites excluding steroid dienone is 10. The number of nitrogens with zero attached hydrogens (tertiary/aromatic N) is 1. The van der Waals surface area contributed by atoms with E-state index in [9.17, 15) is 24.6 Å². The van der Waals surface area contributed by atoms with Crippen LogP contribution in [0.5, 0.6) is 0 Å². The van der Waals surface area contributed by atoms with Crippen LogP contribution in [0.25, 0.3) is 0 Å². The van der Waals surface area contributed by atoms with Gasteiger partial charge in [0.2, 0.25) is 0 Å². The quantitative estimate of drug-likeness (QED) is 0.170. The highest BCUT2D eigenvalue weighted by Crippen LogP contribution is 2.28. The molecule has 2 heterocycles. The van der Waals surface area contributed by atoms with E-state index in [0.717, 1.165) is 49.2 Å². The van der Waals surface area contributed by atoms with Crippen molar-refractivity contribution in [3.63, 3.8) is 0 Å². The maximum absolute atomic E-state index is 12.0. The summed E-state index contributed by atoms with van der Waals surface area (Å²) in [6, 6.07) is 1.11. The van der Waals surface area contributed by atoms with Gasteiger partial charge >= 0.3 is 11.7 Å². The number of aliphatic hydroxyl groups excluding tert-OH is 2. The summed E-state index contributed by atoms with van der Waals surface area (Å²) in [5.74, 6) is -0.438. The van der Waals surface area contributed by atoms with Crippen LogP contribution in [0.15, 0.2) is 82.6 Å². The number of hydrogen-bond donors (Lipinski definition) is 3. The van der Waals surface area contributed by atoms with Crippen molar-refractivity contribution >= 4 is 5.97 Å². The maximum Gasteiger partial charge on any atom is 0.330 e. The number of ether oxygens (including phenoxy) is 2. The van der Waals surface area contributed by atoms with Gasteiger partial charge in [0.25, 0.3) is 5.56 Å². The molecule has 1 aliphatic rings. The third kappa shape index (κ3) is 11.4. The number of carbonyl (C=O) groups is 1. The average molecular weight is 529 g/mol. The van der Waals surface area contributed by atoms with Crippen molar-refractivity contribution in [2.24, 2.45) is 0 Å². The van der Waals surface area contributed by atoms with E-state index in [0.29, 0.717) is 6.42 Å². The lowest BCUT2D eigenvalue weighted by Gasteiger charge is -2.16. The number of rotatable bonds is 16. The van der Waals surface area contributed by atoms with Crippen LogP contribution in [0.2, 0.25) is 0 Å². The van der Waals surface area contributed by atoms with E-state index >= 15 is 0 Å². The van der Waals surface area contributed by atoms with Crippen LogP contribution < -0.4 is 11.2 Å². The number of esters is 1. The predicted molar refractivity (Wildman–Crippen MR) is 147 cm³/mol. The summed E-state index contributed by atoms with van der Waals surface area (Å²) < 4.78 is 11.7. The molecule has 9 nitrogen and oxygen atoms in total. The van der Waals surface area contributed by atoms with Crippen LogP contribution >= 0.6 is 0 Å². The van der Waals surface area contributed by atoms with Gasteiger partial charge < -0.3 is 19.7 Å². The molecule has 0 aliphatic carbocycles. The summed E-state index contributed by atoms with van der Waals surface area (Å²) in [4.78, 5) is 37.2. The summed E-state index contributed by atoms with van der Waals surface area (Å²) in [6.45, 7) is 1.87. The SMILES string of the molecule is CC/C=C/C/C=C/C/C=C/C/C=C/C/C=C/CCCC(=O)OC[C@H]1O[C@@H](n2ccc(=O)[nH]c2=O)[C@H](O)[C@@H]1O. The van der Waals surface area contributed by atoms with E-state index in [2.05, 4.69) is 66.6 Å². The molecule has 1 aliphatic heterocycles. The minimum Gasteiger partial charge on any atom is -0.463 e. The molecule has 0 aromatic carbocycles. The van der Waals surface area contributed by atoms with Gasteiger partial charge in [-0.1, -0.05) is 67.7 Å². The molecule has 38 heavy (non-hydrogen) atoms. The fourth-order valence-corrected chi connectivity index (χ4v) is 3.70. The van der Waals surface area contributed by atoms with E-state index in [1.54, 1.807) is 0 Å². The molecule has 208 valence electrons. The Hall–Kier alpha value is -3.27. The number of unbranched alkanes of at least 4 members (excludes halogenated alkanes) is 1. The van der Waals surface area contributed by atoms with Crippen molar-refractivity contribution in [1.82, 2.24) is 9.55 Å². The Bertz CT molecular complexity index is 1100. The van der Waals surface area contributed by atoms with Gasteiger partial charge in [-0.2, -0.15) is 0 Å². The fourth-order valence-electron chi connectivity index (χ4n) is 3.70. The molecule has 1 saturated heterocycles. The number of carbonyl (C=O) groups excluding carboxylic acids is 1. The molecule has 9 heteroatoms. The second-order valence-electron chi connectivity index (χ2n) is 8.85. The molecule has 0 radical (unpaired) electrons. The molecule has 1 aromatic rings. The van der Waals surface area contributed by atoms with Crippen LogP contribution in [-0.2, 0) is 14.3 Å². The minimum atomic E-state index is -1.42. The van der Waals surface area contributed by atoms with Crippen molar-refractivity contribution in [2.75, 3.05) is 6.61 Å². The van der Waals surface area contributed by atoms with E-state index in [4.69, 9.17) is 9.47 Å². The van der Waals surface area contributed by atoms with Crippen LogP contribution in [0.3, 0.4) is 0 Å². The molecule has 0 saturated carbocycles. The number of H-pyrrole nitrogens is 1. The van der Waals surface area contributed by atoms with Crippen molar-refractivity contribution in [2.45, 2.75) is 82.8 Å². The van der Waals surface area contributed by atoms with Gasteiger partial charge in [-0.25, -0.2) is 4.79 Å². The zero-order chi connectivity index (χ0) is 27.6. The van der Waals surface area contributed by atoms with Gasteiger partial charge in [0, 0.05) is 18.7 Å². The second-order valence-corrected chi connectivity index (χ2v) is 8.85. The van der Waals surface area contributed by atoms with E-state index in [-0.39, 0.29) is 13.0 Å². The van der Waals surface area contributed by atoms with Gasteiger partial charge in [-0.3, -0.25) is 19.1 Å². The van der Waals surface area contributed by atoms with Crippen LogP contribution in [0, 0.1) is 0 Å². The molecular weight excluding hydrogens is 488 g/mol. The Morgan fingerprint density at radius 2 is 1.53 bits per heavy atom. The Morgan fingerprint density at radius 1 is 0.947 bits per heavy atom. The summed E-state index contributed by atoms with van der Waals surface area (Å²) in [5, 5.41) is 20.4. The highest BCUT2D eigenvalue weighted by atomic mass is 16.6. The molecule has 0 amide bonds. The first-order valence-corrected chi connectivity index (χ1v) is 13.2. The first-order chi connectivity index (χ1) is 18.4. The number of hydrogen-bond acceptors (Lipinski definition) is 7. The number of aromatic nitrogens is 2. The van der Waals surface area contributed by atoms with Gasteiger partial charge in [-0.05, 0) is 44.9 Å². The molecule has 1 aromatic heterocycles. The number of aliphatic hydroxyl groups is 2. The van der Waals surface area contributed by atoms with E-state index in [1.165, 1.54) is 6.20 Å². The Kier molecular flexibility index (Phi) is 14.7. The second kappa shape index (κ2) is 18.1. The molecule has 3 N–H and O–H groups in total. The van der Waals surface area contributed by atoms with Gasteiger partial charge in [-0.15, -0.1) is 0 Å². The van der Waals surface area contributed by atoms with Gasteiger partial charge in [0.15, 0.2) is 6.23 Å². The lowest BCUT2D eigenvalue weighted by molar-refractivity contribution is -0.150. The Labute approximate surface area is 223 Å². The third-order valence-electron chi connectivity index (χ3n) is 5.78. The lowest BCUT2D eigenvalue weighted by Crippen LogP contribution is -2.37. The summed E-state index contributed by atoms with van der Waals surface area (Å²) >= 11 is 0. The molecule has 0 unspecified atom stereocenters. The zero-order valence-corrected chi connectivity index (χ0v) is 22.0. The number of nitrogens with one attached hydrogen (secondary N) is 1. The highest BCUT2D eigenvalue weighted by Gasteiger charge is 2.44. The molecule has 0 bridgehead atoms. The molecular formula is C29H40N2O7. The summed E-state index contributed by atoms with van der Waals surface area (Å²) in [6.07, 6.45) is 23.8. The smallest absolute Gasteiger partial charge is 0.330 e. The topological polar surface area (TPSA) is 131 Å². The largest absolute Gasteiger partial charge is 0.463 e. The summed E-state index contributed by atoms with van der Waals surface area (Å²) in [5.41, 5.74) is -1.37. The van der Waals surface area contributed by atoms with E-state index in [1.807, 2.05) is 6.08 Å². The molecule has 4 atom stereocenters. The first kappa shape index (κ1) is 31.0. The Balaban J connectivity index is 1.55. The average Bonchev–Trinajstić information content (AvgIpc) is 3.17. The minimum absolute atomic E-state index is 0.211. The third-order valence-corrected chi connectivity index (χ3v) is 5.78. The van der Waals surface area contributed by atoms with Crippen molar-refractivity contribution in [1.29, 1.82) is 0 Å². The van der Waals surface area contributed by atoms with Gasteiger partial charge in [0.05, 0.1) is 0 Å². The van der Waals surface area contributed by atoms with Crippen molar-refractivity contribution in [3.05, 3.63) is 93.9 Å². The lowest BCUT2D eigenvalue weighted by atomic mass is 10.1. The normalized spacial score (nSPS) is 22.2. The standard InChI is InChI=1S/C29H40N2O7/c1-2-3-4-5-6-7-8-9-10-11-12-13-14-15-16-17-18-19-25(33)37-22-23-26(34)27(35)28(38-23)31-21-20-24(32)30-29(31)36/h3-4,6-7,9-10,12-13,15-16,20-21,23,26-28,34-35H,2,5,8,11,14,17-19,22H2,1H3,(H,30,32,36)/b4-3+,7-6+,10-9+,13-12+,16-15+/t23-,26-,27-,28-/m1/s1. The van der Waals surface area contributed by atoms with Crippen LogP contribution in [0.4, 0.5) is 0 Å². The Morgan fingerprint density at radius 3 is 2.11 bits per heavy atom. The fraction of sp³-hybridized carbons (Fsp3) is 0.483.